The predicted molar refractivity (Wildman–Crippen MR) is 98.0 cm³/mol. The van der Waals surface area contributed by atoms with Crippen molar-refractivity contribution in [2.75, 3.05) is 26.8 Å². The highest BCUT2D eigenvalue weighted by Crippen LogP contribution is 2.31. The first-order valence-electron chi connectivity index (χ1n) is 8.40. The molecule has 2 fully saturated rings. The Morgan fingerprint density at radius 2 is 2.00 bits per heavy atom. The van der Waals surface area contributed by atoms with Crippen molar-refractivity contribution in [2.24, 2.45) is 0 Å². The van der Waals surface area contributed by atoms with Crippen LogP contribution in [0.25, 0.3) is 6.08 Å². The fourth-order valence-electron chi connectivity index (χ4n) is 2.84. The molecule has 1 aromatic carbocycles. The van der Waals surface area contributed by atoms with Gasteiger partial charge in [-0.1, -0.05) is 6.07 Å². The first-order valence-corrected chi connectivity index (χ1v) is 9.22. The summed E-state index contributed by atoms with van der Waals surface area (Å²) in [5.74, 6) is 0.474. The van der Waals surface area contributed by atoms with Gasteiger partial charge in [0, 0.05) is 13.1 Å². The summed E-state index contributed by atoms with van der Waals surface area (Å²) in [5.41, 5.74) is 0.698. The van der Waals surface area contributed by atoms with Gasteiger partial charge in [-0.05, 0) is 54.8 Å². The highest BCUT2D eigenvalue weighted by atomic mass is 32.2. The van der Waals surface area contributed by atoms with Gasteiger partial charge in [-0.25, -0.2) is 0 Å². The minimum absolute atomic E-state index is 0.0320. The van der Waals surface area contributed by atoms with Crippen LogP contribution in [0.4, 0.5) is 4.79 Å². The standard InChI is InChI=1S/C18H20N2O5S/c1-24-14-9-12(10-15-17(22)19-18(23)26-15)5-6-13(14)25-11-16(21)20-7-3-2-4-8-20/h5-6,9-10H,2-4,7-8,11H2,1H3,(H,19,22,23). The molecule has 0 atom stereocenters. The van der Waals surface area contributed by atoms with Crippen LogP contribution in [-0.2, 0) is 9.59 Å². The van der Waals surface area contributed by atoms with E-state index in [1.165, 1.54) is 7.11 Å². The number of hydrogen-bond donors (Lipinski definition) is 1. The third-order valence-corrected chi connectivity index (χ3v) is 5.00. The topological polar surface area (TPSA) is 84.9 Å². The Bertz CT molecular complexity index is 756. The molecule has 0 saturated carbocycles. The number of likely N-dealkylation sites (tertiary alicyclic amines) is 1. The zero-order valence-corrected chi connectivity index (χ0v) is 15.3. The van der Waals surface area contributed by atoms with Gasteiger partial charge in [0.2, 0.25) is 0 Å². The van der Waals surface area contributed by atoms with Crippen LogP contribution in [0, 0.1) is 0 Å². The van der Waals surface area contributed by atoms with Crippen LogP contribution in [-0.4, -0.2) is 48.8 Å². The second kappa shape index (κ2) is 8.27. The molecule has 138 valence electrons. The molecular weight excluding hydrogens is 356 g/mol. The van der Waals surface area contributed by atoms with Gasteiger partial charge in [0.1, 0.15) is 0 Å². The lowest BCUT2D eigenvalue weighted by Gasteiger charge is -2.26. The van der Waals surface area contributed by atoms with Crippen molar-refractivity contribution in [1.82, 2.24) is 10.2 Å². The van der Waals surface area contributed by atoms with Crippen LogP contribution < -0.4 is 14.8 Å². The fourth-order valence-corrected chi connectivity index (χ4v) is 3.52. The number of thioether (sulfide) groups is 1. The highest BCUT2D eigenvalue weighted by Gasteiger charge is 2.25. The molecule has 2 heterocycles. The van der Waals surface area contributed by atoms with Crippen LogP contribution in [0.15, 0.2) is 23.1 Å². The van der Waals surface area contributed by atoms with Crippen molar-refractivity contribution in [3.63, 3.8) is 0 Å². The van der Waals surface area contributed by atoms with E-state index in [1.807, 2.05) is 4.90 Å². The lowest BCUT2D eigenvalue weighted by molar-refractivity contribution is -0.134. The number of ether oxygens (including phenoxy) is 2. The number of benzene rings is 1. The maximum atomic E-state index is 12.2. The van der Waals surface area contributed by atoms with Crippen molar-refractivity contribution < 1.29 is 23.9 Å². The Hall–Kier alpha value is -2.48. The predicted octanol–water partition coefficient (Wildman–Crippen LogP) is 2.41. The highest BCUT2D eigenvalue weighted by molar-refractivity contribution is 8.18. The molecule has 0 aromatic heterocycles. The van der Waals surface area contributed by atoms with Crippen LogP contribution >= 0.6 is 11.8 Å². The largest absolute Gasteiger partial charge is 0.493 e. The molecule has 1 aromatic rings. The number of methoxy groups -OCH3 is 1. The van der Waals surface area contributed by atoms with Gasteiger partial charge in [-0.15, -0.1) is 0 Å². The molecule has 2 saturated heterocycles. The van der Waals surface area contributed by atoms with Crippen LogP contribution in [0.5, 0.6) is 11.5 Å². The number of carbonyl (C=O) groups is 3. The van der Waals surface area contributed by atoms with Crippen molar-refractivity contribution in [2.45, 2.75) is 19.3 Å². The van der Waals surface area contributed by atoms with E-state index >= 15 is 0 Å². The first-order chi connectivity index (χ1) is 12.6. The Kier molecular flexibility index (Phi) is 5.82. The maximum absolute atomic E-state index is 12.2. The summed E-state index contributed by atoms with van der Waals surface area (Å²) in [7, 11) is 1.51. The lowest BCUT2D eigenvalue weighted by Crippen LogP contribution is -2.38. The second-order valence-corrected chi connectivity index (χ2v) is 7.01. The Morgan fingerprint density at radius 3 is 2.65 bits per heavy atom. The van der Waals surface area contributed by atoms with Crippen molar-refractivity contribution in [3.8, 4) is 11.5 Å². The minimum Gasteiger partial charge on any atom is -0.493 e. The second-order valence-electron chi connectivity index (χ2n) is 5.99. The molecule has 7 nitrogen and oxygen atoms in total. The first kappa shape index (κ1) is 18.3. The van der Waals surface area contributed by atoms with Gasteiger partial charge in [0.25, 0.3) is 17.1 Å². The van der Waals surface area contributed by atoms with E-state index in [4.69, 9.17) is 9.47 Å². The van der Waals surface area contributed by atoms with Gasteiger partial charge in [-0.2, -0.15) is 0 Å². The average molecular weight is 376 g/mol. The third-order valence-electron chi connectivity index (χ3n) is 4.19. The van der Waals surface area contributed by atoms with Crippen LogP contribution in [0.2, 0.25) is 0 Å². The summed E-state index contributed by atoms with van der Waals surface area (Å²) < 4.78 is 11.0. The quantitative estimate of drug-likeness (QED) is 0.795. The maximum Gasteiger partial charge on any atom is 0.290 e. The normalized spacial score (nSPS) is 18.8. The lowest BCUT2D eigenvalue weighted by atomic mass is 10.1. The van der Waals surface area contributed by atoms with E-state index in [-0.39, 0.29) is 17.8 Å². The summed E-state index contributed by atoms with van der Waals surface area (Å²) in [6.07, 6.45) is 4.84. The summed E-state index contributed by atoms with van der Waals surface area (Å²) in [6.45, 7) is 1.53. The van der Waals surface area contributed by atoms with Gasteiger partial charge in [-0.3, -0.25) is 19.7 Å². The zero-order chi connectivity index (χ0) is 18.5. The molecule has 3 amide bonds. The molecule has 0 spiro atoms. The minimum atomic E-state index is -0.411. The van der Waals surface area contributed by atoms with E-state index in [0.717, 1.165) is 44.1 Å². The number of nitrogens with one attached hydrogen (secondary N) is 1. The van der Waals surface area contributed by atoms with E-state index in [2.05, 4.69) is 5.32 Å². The van der Waals surface area contributed by atoms with E-state index in [0.29, 0.717) is 22.0 Å². The number of amides is 3. The number of piperidine rings is 1. The Balaban J connectivity index is 1.67. The van der Waals surface area contributed by atoms with Crippen molar-refractivity contribution in [1.29, 1.82) is 0 Å². The molecule has 8 heteroatoms. The summed E-state index contributed by atoms with van der Waals surface area (Å²) in [6, 6.07) is 5.13. The summed E-state index contributed by atoms with van der Waals surface area (Å²) >= 11 is 0.855. The zero-order valence-electron chi connectivity index (χ0n) is 14.4. The molecule has 26 heavy (non-hydrogen) atoms. The summed E-state index contributed by atoms with van der Waals surface area (Å²) in [4.78, 5) is 37.2. The molecule has 0 bridgehead atoms. The molecule has 0 radical (unpaired) electrons. The molecule has 3 rings (SSSR count). The number of hydrogen-bond acceptors (Lipinski definition) is 6. The van der Waals surface area contributed by atoms with E-state index in [9.17, 15) is 14.4 Å². The molecule has 2 aliphatic rings. The molecular formula is C18H20N2O5S. The monoisotopic (exact) mass is 376 g/mol. The van der Waals surface area contributed by atoms with E-state index < -0.39 is 5.91 Å². The summed E-state index contributed by atoms with van der Waals surface area (Å²) in [5, 5.41) is 1.82. The van der Waals surface area contributed by atoms with E-state index in [1.54, 1.807) is 24.3 Å². The molecule has 0 unspecified atom stereocenters. The van der Waals surface area contributed by atoms with Gasteiger partial charge >= 0.3 is 0 Å². The Labute approximate surface area is 155 Å². The van der Waals surface area contributed by atoms with Crippen molar-refractivity contribution >= 4 is 34.9 Å². The fraction of sp³-hybridized carbons (Fsp3) is 0.389. The number of imide groups is 1. The molecule has 0 aliphatic carbocycles. The Morgan fingerprint density at radius 1 is 1.23 bits per heavy atom. The number of nitrogens with zero attached hydrogens (tertiary/aromatic N) is 1. The van der Waals surface area contributed by atoms with Gasteiger partial charge in [0.15, 0.2) is 18.1 Å². The van der Waals surface area contributed by atoms with Crippen LogP contribution in [0.3, 0.4) is 0 Å². The molecule has 2 aliphatic heterocycles. The van der Waals surface area contributed by atoms with Gasteiger partial charge < -0.3 is 14.4 Å². The van der Waals surface area contributed by atoms with Crippen molar-refractivity contribution in [3.05, 3.63) is 28.7 Å². The SMILES string of the molecule is COc1cc(C=C2SC(=O)NC2=O)ccc1OCC(=O)N1CCCCC1. The number of rotatable bonds is 5. The smallest absolute Gasteiger partial charge is 0.290 e. The van der Waals surface area contributed by atoms with Gasteiger partial charge in [0.05, 0.1) is 12.0 Å². The molecule has 1 N–H and O–H groups in total. The van der Waals surface area contributed by atoms with Crippen LogP contribution in [0.1, 0.15) is 24.8 Å². The average Bonchev–Trinajstić information content (AvgIpc) is 2.97. The number of carbonyl (C=O) groups excluding carboxylic acids is 3. The third kappa shape index (κ3) is 4.37.